The third-order valence-electron chi connectivity index (χ3n) is 3.64. The van der Waals surface area contributed by atoms with E-state index in [0.29, 0.717) is 24.0 Å². The van der Waals surface area contributed by atoms with Gasteiger partial charge in [0.2, 0.25) is 11.7 Å². The Morgan fingerprint density at radius 1 is 1.33 bits per heavy atom. The van der Waals surface area contributed by atoms with E-state index in [4.69, 9.17) is 10.3 Å². The molecule has 1 saturated carbocycles. The van der Waals surface area contributed by atoms with Crippen molar-refractivity contribution in [2.45, 2.75) is 31.1 Å². The minimum atomic E-state index is -0.127. The molecule has 6 heteroatoms. The zero-order chi connectivity index (χ0) is 12.4. The Bertz CT molecular complexity index is 518. The highest BCUT2D eigenvalue weighted by molar-refractivity contribution is 5.46. The van der Waals surface area contributed by atoms with Crippen LogP contribution in [0.2, 0.25) is 0 Å². The van der Waals surface area contributed by atoms with Gasteiger partial charge in [-0.1, -0.05) is 18.0 Å². The highest BCUT2D eigenvalue weighted by Gasteiger charge is 2.39. The normalized spacial score (nSPS) is 18.1. The van der Waals surface area contributed by atoms with Crippen LogP contribution in [0.25, 0.3) is 11.5 Å². The van der Waals surface area contributed by atoms with Crippen LogP contribution in [0.1, 0.15) is 31.6 Å². The van der Waals surface area contributed by atoms with E-state index < -0.39 is 0 Å². The first-order valence-electron chi connectivity index (χ1n) is 6.15. The Kier molecular flexibility index (Phi) is 2.79. The van der Waals surface area contributed by atoms with Gasteiger partial charge in [-0.3, -0.25) is 0 Å². The largest absolute Gasteiger partial charge is 0.338 e. The highest BCUT2D eigenvalue weighted by Crippen LogP contribution is 2.39. The fourth-order valence-electron chi connectivity index (χ4n) is 2.52. The molecule has 2 N–H and O–H groups in total. The van der Waals surface area contributed by atoms with E-state index in [2.05, 4.69) is 20.1 Å². The molecule has 0 bridgehead atoms. The highest BCUT2D eigenvalue weighted by atomic mass is 16.5. The summed E-state index contributed by atoms with van der Waals surface area (Å²) in [5.74, 6) is 1.16. The van der Waals surface area contributed by atoms with Crippen molar-refractivity contribution in [1.82, 2.24) is 20.1 Å². The van der Waals surface area contributed by atoms with Gasteiger partial charge in [-0.2, -0.15) is 4.98 Å². The Morgan fingerprint density at radius 3 is 2.83 bits per heavy atom. The number of aromatic nitrogens is 4. The molecule has 94 valence electrons. The number of hydrogen-bond donors (Lipinski definition) is 1. The molecule has 0 amide bonds. The molecular formula is C12H15N5O. The molecule has 0 saturated heterocycles. The summed E-state index contributed by atoms with van der Waals surface area (Å²) in [5.41, 5.74) is 6.44. The van der Waals surface area contributed by atoms with Crippen LogP contribution >= 0.6 is 0 Å². The summed E-state index contributed by atoms with van der Waals surface area (Å²) in [6.07, 6.45) is 7.51. The molecule has 1 aliphatic carbocycles. The van der Waals surface area contributed by atoms with E-state index in [1.165, 1.54) is 19.2 Å². The van der Waals surface area contributed by atoms with Gasteiger partial charge >= 0.3 is 0 Å². The van der Waals surface area contributed by atoms with Crippen molar-refractivity contribution in [3.8, 4) is 11.5 Å². The van der Waals surface area contributed by atoms with E-state index in [9.17, 15) is 0 Å². The quantitative estimate of drug-likeness (QED) is 0.876. The zero-order valence-corrected chi connectivity index (χ0v) is 10.0. The van der Waals surface area contributed by atoms with Gasteiger partial charge in [-0.15, -0.1) is 0 Å². The lowest BCUT2D eigenvalue weighted by Crippen LogP contribution is -2.32. The SMILES string of the molecule is NCC1(c2nc(-c3ccncn3)no2)CCCC1. The van der Waals surface area contributed by atoms with Crippen molar-refractivity contribution >= 4 is 0 Å². The van der Waals surface area contributed by atoms with Crippen LogP contribution in [0, 0.1) is 0 Å². The van der Waals surface area contributed by atoms with E-state index in [-0.39, 0.29) is 5.41 Å². The third kappa shape index (κ3) is 1.78. The van der Waals surface area contributed by atoms with Crippen molar-refractivity contribution in [3.05, 3.63) is 24.5 Å². The summed E-state index contributed by atoms with van der Waals surface area (Å²) in [6.45, 7) is 0.554. The predicted octanol–water partition coefficient (Wildman–Crippen LogP) is 1.30. The van der Waals surface area contributed by atoms with Crippen LogP contribution < -0.4 is 5.73 Å². The van der Waals surface area contributed by atoms with E-state index in [0.717, 1.165) is 12.8 Å². The molecule has 0 radical (unpaired) electrons. The molecule has 0 spiro atoms. The van der Waals surface area contributed by atoms with Crippen LogP contribution in [0.4, 0.5) is 0 Å². The Hall–Kier alpha value is -1.82. The zero-order valence-electron chi connectivity index (χ0n) is 10.0. The van der Waals surface area contributed by atoms with Gasteiger partial charge < -0.3 is 10.3 Å². The first-order valence-corrected chi connectivity index (χ1v) is 6.15. The van der Waals surface area contributed by atoms with Crippen LogP contribution in [0.5, 0.6) is 0 Å². The lowest BCUT2D eigenvalue weighted by molar-refractivity contribution is 0.284. The molecule has 18 heavy (non-hydrogen) atoms. The van der Waals surface area contributed by atoms with Crippen molar-refractivity contribution in [2.75, 3.05) is 6.54 Å². The van der Waals surface area contributed by atoms with Crippen LogP contribution in [-0.4, -0.2) is 26.7 Å². The maximum Gasteiger partial charge on any atom is 0.234 e. The molecule has 0 aliphatic heterocycles. The summed E-state index contributed by atoms with van der Waals surface area (Å²) in [5, 5.41) is 3.99. The summed E-state index contributed by atoms with van der Waals surface area (Å²) in [7, 11) is 0. The molecule has 1 fully saturated rings. The maximum atomic E-state index is 5.90. The standard InChI is InChI=1S/C12H15N5O/c13-7-12(4-1-2-5-12)11-16-10(17-18-11)9-3-6-14-8-15-9/h3,6,8H,1-2,4-5,7,13H2. The smallest absolute Gasteiger partial charge is 0.234 e. The molecule has 2 aromatic heterocycles. The fraction of sp³-hybridized carbons (Fsp3) is 0.500. The topological polar surface area (TPSA) is 90.7 Å². The van der Waals surface area contributed by atoms with Gasteiger partial charge in [0, 0.05) is 12.7 Å². The number of rotatable bonds is 3. The van der Waals surface area contributed by atoms with Gasteiger partial charge in [-0.05, 0) is 18.9 Å². The van der Waals surface area contributed by atoms with Gasteiger partial charge in [0.1, 0.15) is 12.0 Å². The third-order valence-corrected chi connectivity index (χ3v) is 3.64. The molecule has 6 nitrogen and oxygen atoms in total. The van der Waals surface area contributed by atoms with Gasteiger partial charge in [0.05, 0.1) is 5.41 Å². The minimum Gasteiger partial charge on any atom is -0.338 e. The average molecular weight is 245 g/mol. The number of nitrogens with two attached hydrogens (primary N) is 1. The summed E-state index contributed by atoms with van der Waals surface area (Å²) in [4.78, 5) is 12.4. The molecule has 0 aromatic carbocycles. The molecule has 1 aliphatic rings. The van der Waals surface area contributed by atoms with Gasteiger partial charge in [-0.25, -0.2) is 9.97 Å². The number of nitrogens with zero attached hydrogens (tertiary/aromatic N) is 4. The van der Waals surface area contributed by atoms with E-state index in [1.807, 2.05) is 0 Å². The second kappa shape index (κ2) is 4.45. The summed E-state index contributed by atoms with van der Waals surface area (Å²) < 4.78 is 5.40. The molecule has 2 heterocycles. The second-order valence-electron chi connectivity index (χ2n) is 4.71. The molecule has 3 rings (SSSR count). The minimum absolute atomic E-state index is 0.127. The molecular weight excluding hydrogens is 230 g/mol. The molecule has 2 aromatic rings. The van der Waals surface area contributed by atoms with E-state index >= 15 is 0 Å². The first kappa shape index (κ1) is 11.3. The monoisotopic (exact) mass is 245 g/mol. The fourth-order valence-corrected chi connectivity index (χ4v) is 2.52. The van der Waals surface area contributed by atoms with Gasteiger partial charge in [0.25, 0.3) is 0 Å². The molecule has 0 unspecified atom stereocenters. The Labute approximate surface area is 105 Å². The molecule has 0 atom stereocenters. The van der Waals surface area contributed by atoms with E-state index in [1.54, 1.807) is 12.3 Å². The van der Waals surface area contributed by atoms with Crippen molar-refractivity contribution < 1.29 is 4.52 Å². The van der Waals surface area contributed by atoms with Crippen molar-refractivity contribution in [1.29, 1.82) is 0 Å². The van der Waals surface area contributed by atoms with Crippen molar-refractivity contribution in [2.24, 2.45) is 5.73 Å². The summed E-state index contributed by atoms with van der Waals surface area (Å²) >= 11 is 0. The Morgan fingerprint density at radius 2 is 2.17 bits per heavy atom. The second-order valence-corrected chi connectivity index (χ2v) is 4.71. The first-order chi connectivity index (χ1) is 8.84. The number of hydrogen-bond acceptors (Lipinski definition) is 6. The van der Waals surface area contributed by atoms with Crippen LogP contribution in [0.3, 0.4) is 0 Å². The van der Waals surface area contributed by atoms with Crippen molar-refractivity contribution in [3.63, 3.8) is 0 Å². The predicted molar refractivity (Wildman–Crippen MR) is 64.5 cm³/mol. The van der Waals surface area contributed by atoms with Gasteiger partial charge in [0.15, 0.2) is 0 Å². The average Bonchev–Trinajstić information content (AvgIpc) is 3.09. The Balaban J connectivity index is 1.94. The maximum absolute atomic E-state index is 5.90. The summed E-state index contributed by atoms with van der Waals surface area (Å²) in [6, 6.07) is 1.76. The lowest BCUT2D eigenvalue weighted by Gasteiger charge is -2.21. The van der Waals surface area contributed by atoms with Crippen LogP contribution in [0.15, 0.2) is 23.1 Å². The van der Waals surface area contributed by atoms with Crippen LogP contribution in [-0.2, 0) is 5.41 Å². The lowest BCUT2D eigenvalue weighted by atomic mass is 9.86.